The van der Waals surface area contributed by atoms with Gasteiger partial charge in [-0.15, -0.1) is 0 Å². The van der Waals surface area contributed by atoms with Gasteiger partial charge in [-0.1, -0.05) is 18.2 Å². The molecule has 1 heterocycles. The Bertz CT molecular complexity index is 959. The standard InChI is InChI=1S/C23H35NO6P2/c1-16(2)27-31(25,28-17(3)4)23(32(26,29-18(5)6)30-19(7)8)15-20-11-9-13-22-21(20)12-10-14-24-22/h9-19H,1-8H3. The SMILES string of the molecule is CC(C)OP(=O)(OC(C)C)C(=Cc1cccc2ncccc12)P(=O)(OC(C)C)OC(C)C. The summed E-state index contributed by atoms with van der Waals surface area (Å²) in [5.74, 6) is 0. The number of benzene rings is 1. The van der Waals surface area contributed by atoms with Gasteiger partial charge in [-0.05, 0) is 79.2 Å². The molecule has 0 amide bonds. The van der Waals surface area contributed by atoms with Crippen LogP contribution in [0.3, 0.4) is 0 Å². The molecule has 1 aromatic carbocycles. The zero-order chi connectivity index (χ0) is 24.1. The van der Waals surface area contributed by atoms with Crippen LogP contribution in [0.25, 0.3) is 17.0 Å². The molecule has 32 heavy (non-hydrogen) atoms. The summed E-state index contributed by atoms with van der Waals surface area (Å²) in [6.45, 7) is 13.9. The molecule has 2 aromatic rings. The van der Waals surface area contributed by atoms with Crippen LogP contribution in [0.5, 0.6) is 0 Å². The number of fused-ring (bicyclic) bond motifs is 1. The number of hydrogen-bond acceptors (Lipinski definition) is 7. The average Bonchev–Trinajstić information content (AvgIpc) is 2.63. The lowest BCUT2D eigenvalue weighted by Crippen LogP contribution is -2.14. The smallest absolute Gasteiger partial charge is 0.302 e. The Morgan fingerprint density at radius 2 is 1.22 bits per heavy atom. The van der Waals surface area contributed by atoms with E-state index in [9.17, 15) is 9.13 Å². The lowest BCUT2D eigenvalue weighted by Gasteiger charge is -2.30. The zero-order valence-corrected chi connectivity index (χ0v) is 21.9. The molecule has 0 bridgehead atoms. The number of rotatable bonds is 11. The summed E-state index contributed by atoms with van der Waals surface area (Å²) in [6.07, 6.45) is 1.43. The van der Waals surface area contributed by atoms with E-state index in [1.165, 1.54) is 0 Å². The molecule has 0 radical (unpaired) electrons. The Balaban J connectivity index is 2.87. The van der Waals surface area contributed by atoms with Gasteiger partial charge in [-0.25, -0.2) is 0 Å². The lowest BCUT2D eigenvalue weighted by molar-refractivity contribution is 0.138. The molecule has 178 valence electrons. The van der Waals surface area contributed by atoms with Gasteiger partial charge in [0.2, 0.25) is 0 Å². The molecule has 0 saturated carbocycles. The fourth-order valence-electron chi connectivity index (χ4n) is 3.08. The molecule has 0 fully saturated rings. The Hall–Kier alpha value is -1.33. The van der Waals surface area contributed by atoms with Gasteiger partial charge < -0.3 is 18.1 Å². The first-order chi connectivity index (χ1) is 14.9. The van der Waals surface area contributed by atoms with Crippen LogP contribution in [0.15, 0.2) is 41.6 Å². The molecule has 0 saturated heterocycles. The Morgan fingerprint density at radius 3 is 1.66 bits per heavy atom. The normalized spacial score (nSPS) is 13.0. The van der Waals surface area contributed by atoms with Crippen LogP contribution in [-0.2, 0) is 27.2 Å². The van der Waals surface area contributed by atoms with Crippen LogP contribution < -0.4 is 0 Å². The third kappa shape index (κ3) is 7.08. The van der Waals surface area contributed by atoms with Crippen LogP contribution in [0.2, 0.25) is 0 Å². The maximum absolute atomic E-state index is 14.2. The minimum Gasteiger partial charge on any atom is -0.302 e. The van der Waals surface area contributed by atoms with E-state index in [4.69, 9.17) is 18.1 Å². The fraction of sp³-hybridized carbons (Fsp3) is 0.522. The van der Waals surface area contributed by atoms with E-state index in [1.807, 2.05) is 30.3 Å². The summed E-state index contributed by atoms with van der Waals surface area (Å²) in [7, 11) is -8.18. The van der Waals surface area contributed by atoms with Gasteiger partial charge in [0.15, 0.2) is 5.06 Å². The van der Waals surface area contributed by atoms with Crippen molar-refractivity contribution in [2.24, 2.45) is 0 Å². The topological polar surface area (TPSA) is 84.0 Å². The van der Waals surface area contributed by atoms with Crippen LogP contribution >= 0.6 is 15.2 Å². The van der Waals surface area contributed by atoms with Crippen LogP contribution in [0.1, 0.15) is 61.0 Å². The maximum atomic E-state index is 14.2. The highest BCUT2D eigenvalue weighted by atomic mass is 31.2. The van der Waals surface area contributed by atoms with E-state index in [2.05, 4.69) is 4.98 Å². The highest BCUT2D eigenvalue weighted by Gasteiger charge is 2.48. The maximum Gasteiger partial charge on any atom is 0.370 e. The summed E-state index contributed by atoms with van der Waals surface area (Å²) < 4.78 is 51.7. The first-order valence-corrected chi connectivity index (χ1v) is 13.9. The molecule has 9 heteroatoms. The summed E-state index contributed by atoms with van der Waals surface area (Å²) in [5, 5.41) is 0.681. The van der Waals surface area contributed by atoms with E-state index < -0.39 is 39.6 Å². The van der Waals surface area contributed by atoms with Gasteiger partial charge >= 0.3 is 15.2 Å². The first-order valence-electron chi connectivity index (χ1n) is 10.9. The third-order valence-electron chi connectivity index (χ3n) is 3.92. The summed E-state index contributed by atoms with van der Waals surface area (Å²) in [4.78, 5) is 4.37. The molecule has 0 atom stereocenters. The molecule has 0 N–H and O–H groups in total. The second-order valence-electron chi connectivity index (χ2n) is 8.53. The van der Waals surface area contributed by atoms with Gasteiger partial charge in [0.25, 0.3) is 0 Å². The van der Waals surface area contributed by atoms with Crippen molar-refractivity contribution in [2.75, 3.05) is 0 Å². The fourth-order valence-corrected chi connectivity index (χ4v) is 8.19. The molecule has 0 aliphatic rings. The average molecular weight is 483 g/mol. The molecule has 2 rings (SSSR count). The van der Waals surface area contributed by atoms with Crippen molar-refractivity contribution in [1.82, 2.24) is 4.98 Å². The van der Waals surface area contributed by atoms with Crippen molar-refractivity contribution in [3.05, 3.63) is 47.1 Å². The highest BCUT2D eigenvalue weighted by Crippen LogP contribution is 2.75. The molecule has 0 spiro atoms. The summed E-state index contributed by atoms with van der Waals surface area (Å²) in [5.41, 5.74) is 1.40. The van der Waals surface area contributed by atoms with Crippen molar-refractivity contribution in [1.29, 1.82) is 0 Å². The molecule has 0 aliphatic heterocycles. The van der Waals surface area contributed by atoms with Gasteiger partial charge in [-0.2, -0.15) is 0 Å². The Labute approximate surface area is 191 Å². The van der Waals surface area contributed by atoms with E-state index in [0.29, 0.717) is 5.56 Å². The molecular formula is C23H35NO6P2. The molecule has 7 nitrogen and oxygen atoms in total. The molecular weight excluding hydrogens is 448 g/mol. The third-order valence-corrected chi connectivity index (χ3v) is 9.57. The second kappa shape index (κ2) is 11.2. The summed E-state index contributed by atoms with van der Waals surface area (Å²) >= 11 is 0. The number of pyridine rings is 1. The van der Waals surface area contributed by atoms with E-state index in [1.54, 1.807) is 67.7 Å². The number of aromatic nitrogens is 1. The second-order valence-corrected chi connectivity index (χ2v) is 12.7. The van der Waals surface area contributed by atoms with Crippen molar-refractivity contribution in [3.8, 4) is 0 Å². The van der Waals surface area contributed by atoms with Crippen LogP contribution in [-0.4, -0.2) is 29.4 Å². The van der Waals surface area contributed by atoms with Crippen LogP contribution in [0, 0.1) is 0 Å². The van der Waals surface area contributed by atoms with E-state index >= 15 is 0 Å². The predicted molar refractivity (Wildman–Crippen MR) is 130 cm³/mol. The predicted octanol–water partition coefficient (Wildman–Crippen LogP) is 7.62. The number of nitrogens with zero attached hydrogens (tertiary/aromatic N) is 1. The molecule has 0 unspecified atom stereocenters. The van der Waals surface area contributed by atoms with Crippen molar-refractivity contribution >= 4 is 32.2 Å². The van der Waals surface area contributed by atoms with E-state index in [-0.39, 0.29) is 5.06 Å². The highest BCUT2D eigenvalue weighted by molar-refractivity contribution is 7.79. The van der Waals surface area contributed by atoms with Crippen LogP contribution in [0.4, 0.5) is 0 Å². The van der Waals surface area contributed by atoms with Crippen molar-refractivity contribution < 1.29 is 27.2 Å². The number of hydrogen-bond donors (Lipinski definition) is 0. The summed E-state index contributed by atoms with van der Waals surface area (Å²) in [6, 6.07) is 9.22. The minimum atomic E-state index is -4.09. The van der Waals surface area contributed by atoms with Crippen molar-refractivity contribution in [2.45, 2.75) is 79.8 Å². The lowest BCUT2D eigenvalue weighted by atomic mass is 10.1. The first kappa shape index (κ1) is 26.9. The zero-order valence-electron chi connectivity index (χ0n) is 20.1. The Kier molecular flexibility index (Phi) is 9.42. The monoisotopic (exact) mass is 483 g/mol. The largest absolute Gasteiger partial charge is 0.370 e. The van der Waals surface area contributed by atoms with Gasteiger partial charge in [-0.3, -0.25) is 14.1 Å². The molecule has 1 aromatic heterocycles. The quantitative estimate of drug-likeness (QED) is 0.304. The van der Waals surface area contributed by atoms with Crippen molar-refractivity contribution in [3.63, 3.8) is 0 Å². The minimum absolute atomic E-state index is 0.119. The molecule has 0 aliphatic carbocycles. The van der Waals surface area contributed by atoms with Gasteiger partial charge in [0.05, 0.1) is 29.9 Å². The Morgan fingerprint density at radius 1 is 0.750 bits per heavy atom. The van der Waals surface area contributed by atoms with Gasteiger partial charge in [0.1, 0.15) is 0 Å². The van der Waals surface area contributed by atoms with Gasteiger partial charge in [0, 0.05) is 11.6 Å². The van der Waals surface area contributed by atoms with E-state index in [0.717, 1.165) is 10.9 Å².